The molecule has 0 saturated heterocycles. The van der Waals surface area contributed by atoms with Gasteiger partial charge in [-0.15, -0.1) is 0 Å². The first kappa shape index (κ1) is 16.4. The van der Waals surface area contributed by atoms with Gasteiger partial charge in [-0.2, -0.15) is 0 Å². The fourth-order valence-corrected chi connectivity index (χ4v) is 0.882. The van der Waals surface area contributed by atoms with E-state index in [0.717, 1.165) is 0 Å². The van der Waals surface area contributed by atoms with Crippen molar-refractivity contribution in [3.63, 3.8) is 0 Å². The Bertz CT molecular complexity index is 330. The molecular formula is C13H21NO4. The molecule has 0 spiro atoms. The predicted octanol–water partition coefficient (Wildman–Crippen LogP) is 1.20. The van der Waals surface area contributed by atoms with Gasteiger partial charge in [0.05, 0.1) is 5.54 Å². The molecule has 0 atom stereocenters. The van der Waals surface area contributed by atoms with Crippen molar-refractivity contribution in [2.75, 3.05) is 20.3 Å². The van der Waals surface area contributed by atoms with Crippen LogP contribution in [0.1, 0.15) is 20.8 Å². The van der Waals surface area contributed by atoms with Crippen molar-refractivity contribution >= 4 is 11.9 Å². The van der Waals surface area contributed by atoms with Crippen LogP contribution in [0.25, 0.3) is 0 Å². The van der Waals surface area contributed by atoms with E-state index in [-0.39, 0.29) is 13.2 Å². The molecule has 0 heterocycles. The van der Waals surface area contributed by atoms with Crippen molar-refractivity contribution < 1.29 is 19.1 Å². The number of nitrogens with one attached hydrogen (secondary N) is 1. The van der Waals surface area contributed by atoms with E-state index in [9.17, 15) is 9.59 Å². The van der Waals surface area contributed by atoms with Gasteiger partial charge < -0.3 is 14.8 Å². The number of hydrogen-bond donors (Lipinski definition) is 1. The summed E-state index contributed by atoms with van der Waals surface area (Å²) in [5, 5.41) is 2.95. The number of ether oxygens (including phenoxy) is 2. The second-order valence-corrected chi connectivity index (χ2v) is 4.52. The fraction of sp³-hybridized carbons (Fsp3) is 0.538. The molecule has 1 N–H and O–H groups in total. The van der Waals surface area contributed by atoms with Crippen molar-refractivity contribution in [1.29, 1.82) is 0 Å². The Morgan fingerprint density at radius 1 is 1.06 bits per heavy atom. The first-order valence-corrected chi connectivity index (χ1v) is 5.56. The lowest BCUT2D eigenvalue weighted by atomic mass is 10.1. The summed E-state index contributed by atoms with van der Waals surface area (Å²) in [4.78, 5) is 22.6. The van der Waals surface area contributed by atoms with Crippen LogP contribution in [0.5, 0.6) is 0 Å². The van der Waals surface area contributed by atoms with Gasteiger partial charge in [0.1, 0.15) is 13.2 Å². The maximum absolute atomic E-state index is 11.3. The van der Waals surface area contributed by atoms with Gasteiger partial charge >= 0.3 is 11.9 Å². The Balaban J connectivity index is 4.35. The molecular weight excluding hydrogens is 234 g/mol. The zero-order valence-electron chi connectivity index (χ0n) is 11.5. The standard InChI is InChI=1S/C13H21NO4/c1-9(2)11(15)17-7-13(5,14-6)8-18-12(16)10(3)4/h14H,1,3,7-8H2,2,4-6H3. The molecule has 0 aromatic carbocycles. The smallest absolute Gasteiger partial charge is 0.333 e. The van der Waals surface area contributed by atoms with E-state index >= 15 is 0 Å². The molecule has 102 valence electrons. The van der Waals surface area contributed by atoms with Crippen molar-refractivity contribution in [2.24, 2.45) is 0 Å². The van der Waals surface area contributed by atoms with E-state index in [2.05, 4.69) is 18.5 Å². The van der Waals surface area contributed by atoms with Crippen molar-refractivity contribution in [1.82, 2.24) is 5.32 Å². The second-order valence-electron chi connectivity index (χ2n) is 4.52. The van der Waals surface area contributed by atoms with Crippen LogP contribution < -0.4 is 5.32 Å². The summed E-state index contributed by atoms with van der Waals surface area (Å²) in [5.41, 5.74) is 0.00992. The summed E-state index contributed by atoms with van der Waals surface area (Å²) in [7, 11) is 1.70. The topological polar surface area (TPSA) is 64.6 Å². The third kappa shape index (κ3) is 5.63. The predicted molar refractivity (Wildman–Crippen MR) is 69.0 cm³/mol. The molecule has 18 heavy (non-hydrogen) atoms. The van der Waals surface area contributed by atoms with E-state index in [4.69, 9.17) is 9.47 Å². The molecule has 0 aromatic heterocycles. The quantitative estimate of drug-likeness (QED) is 0.547. The van der Waals surface area contributed by atoms with Crippen LogP contribution in [0.15, 0.2) is 24.3 Å². The Kier molecular flexibility index (Phi) is 6.33. The number of carbonyl (C=O) groups is 2. The van der Waals surface area contributed by atoms with Crippen molar-refractivity contribution in [3.05, 3.63) is 24.3 Å². The van der Waals surface area contributed by atoms with Gasteiger partial charge in [0.2, 0.25) is 0 Å². The summed E-state index contributed by atoms with van der Waals surface area (Å²) in [6.45, 7) is 12.1. The minimum Gasteiger partial charge on any atom is -0.460 e. The highest BCUT2D eigenvalue weighted by molar-refractivity contribution is 5.87. The lowest BCUT2D eigenvalue weighted by molar-refractivity contribution is -0.145. The van der Waals surface area contributed by atoms with Crippen LogP contribution in [0.4, 0.5) is 0 Å². The van der Waals surface area contributed by atoms with Crippen LogP contribution in [0.2, 0.25) is 0 Å². The molecule has 0 bridgehead atoms. The number of hydrogen-bond acceptors (Lipinski definition) is 5. The monoisotopic (exact) mass is 255 g/mol. The number of esters is 2. The molecule has 0 fully saturated rings. The Morgan fingerprint density at radius 3 is 1.61 bits per heavy atom. The summed E-state index contributed by atoms with van der Waals surface area (Å²) >= 11 is 0. The van der Waals surface area contributed by atoms with Gasteiger partial charge in [0, 0.05) is 11.1 Å². The fourth-order valence-electron chi connectivity index (χ4n) is 0.882. The molecule has 5 nitrogen and oxygen atoms in total. The minimum atomic E-state index is -0.643. The van der Waals surface area contributed by atoms with Crippen LogP contribution >= 0.6 is 0 Å². The molecule has 0 amide bonds. The normalized spacial score (nSPS) is 10.7. The van der Waals surface area contributed by atoms with Gasteiger partial charge in [-0.25, -0.2) is 9.59 Å². The molecule has 0 aliphatic rings. The summed E-state index contributed by atoms with van der Waals surface area (Å²) < 4.78 is 10.1. The van der Waals surface area contributed by atoms with Gasteiger partial charge in [-0.1, -0.05) is 13.2 Å². The molecule has 0 rings (SSSR count). The van der Waals surface area contributed by atoms with Crippen LogP contribution in [0, 0.1) is 0 Å². The van der Waals surface area contributed by atoms with E-state index in [1.54, 1.807) is 27.8 Å². The van der Waals surface area contributed by atoms with E-state index in [1.165, 1.54) is 0 Å². The second kappa shape index (κ2) is 6.96. The Hall–Kier alpha value is -1.62. The summed E-state index contributed by atoms with van der Waals surface area (Å²) in [5.74, 6) is -0.939. The first-order valence-electron chi connectivity index (χ1n) is 5.56. The molecule has 0 aromatic rings. The zero-order valence-corrected chi connectivity index (χ0v) is 11.5. The minimum absolute atomic E-state index is 0.0820. The van der Waals surface area contributed by atoms with Crippen LogP contribution in [-0.4, -0.2) is 37.7 Å². The molecule has 0 aliphatic heterocycles. The third-order valence-electron chi connectivity index (χ3n) is 2.34. The molecule has 0 aliphatic carbocycles. The average Bonchev–Trinajstić information content (AvgIpc) is 2.32. The summed E-state index contributed by atoms with van der Waals surface area (Å²) in [6.07, 6.45) is 0. The third-order valence-corrected chi connectivity index (χ3v) is 2.34. The maximum atomic E-state index is 11.3. The summed E-state index contributed by atoms with van der Waals surface area (Å²) in [6, 6.07) is 0. The van der Waals surface area contributed by atoms with Gasteiger partial charge in [0.15, 0.2) is 0 Å². The van der Waals surface area contributed by atoms with Gasteiger partial charge in [0.25, 0.3) is 0 Å². The Labute approximate surface area is 108 Å². The highest BCUT2D eigenvalue weighted by Gasteiger charge is 2.26. The highest BCUT2D eigenvalue weighted by atomic mass is 16.5. The van der Waals surface area contributed by atoms with E-state index in [0.29, 0.717) is 11.1 Å². The van der Waals surface area contributed by atoms with Gasteiger partial charge in [-0.3, -0.25) is 0 Å². The largest absolute Gasteiger partial charge is 0.460 e. The lowest BCUT2D eigenvalue weighted by Gasteiger charge is -2.28. The molecule has 0 unspecified atom stereocenters. The number of likely N-dealkylation sites (N-methyl/N-ethyl adjacent to an activating group) is 1. The SMILES string of the molecule is C=C(C)C(=O)OCC(C)(COC(=O)C(=C)C)NC. The first-order chi connectivity index (χ1) is 8.22. The maximum Gasteiger partial charge on any atom is 0.333 e. The van der Waals surface area contributed by atoms with Gasteiger partial charge in [-0.05, 0) is 27.8 Å². The lowest BCUT2D eigenvalue weighted by Crippen LogP contribution is -2.49. The average molecular weight is 255 g/mol. The van der Waals surface area contributed by atoms with E-state index in [1.807, 2.05) is 0 Å². The number of rotatable bonds is 7. The molecule has 0 radical (unpaired) electrons. The van der Waals surface area contributed by atoms with E-state index < -0.39 is 17.5 Å². The number of carbonyl (C=O) groups excluding carboxylic acids is 2. The highest BCUT2D eigenvalue weighted by Crippen LogP contribution is 2.08. The van der Waals surface area contributed by atoms with Crippen molar-refractivity contribution in [3.8, 4) is 0 Å². The molecule has 5 heteroatoms. The zero-order chi connectivity index (χ0) is 14.3. The molecule has 0 saturated carbocycles. The van der Waals surface area contributed by atoms with Crippen molar-refractivity contribution in [2.45, 2.75) is 26.3 Å². The van der Waals surface area contributed by atoms with Crippen LogP contribution in [-0.2, 0) is 19.1 Å². The van der Waals surface area contributed by atoms with Crippen LogP contribution in [0.3, 0.4) is 0 Å². The Morgan fingerprint density at radius 2 is 1.39 bits per heavy atom.